The molecule has 10 rings (SSSR count). The molecule has 4 nitrogen and oxygen atoms in total. The maximum Gasteiger partial charge on any atom is 0.235 e. The van der Waals surface area contributed by atoms with Crippen molar-refractivity contribution in [2.24, 2.45) is 0 Å². The van der Waals surface area contributed by atoms with Crippen LogP contribution in [0.5, 0.6) is 0 Å². The molecule has 0 saturated heterocycles. The first-order valence-electron chi connectivity index (χ1n) is 16.9. The minimum Gasteiger partial charge on any atom is -0.309 e. The summed E-state index contributed by atoms with van der Waals surface area (Å²) < 4.78 is 4.63. The van der Waals surface area contributed by atoms with Gasteiger partial charge in [-0.25, -0.2) is 9.97 Å². The number of hydrogen-bond donors (Lipinski definition) is 0. The van der Waals surface area contributed by atoms with Gasteiger partial charge in [0.25, 0.3) is 0 Å². The molecule has 0 unspecified atom stereocenters. The monoisotopic (exact) mass is 638 g/mol. The first kappa shape index (κ1) is 28.3. The molecule has 50 heavy (non-hydrogen) atoms. The summed E-state index contributed by atoms with van der Waals surface area (Å²) in [6.07, 6.45) is 0. The standard InChI is InChI=1S/C46H30N4/c1-4-14-31(15-5-1)32-24-26-35(27-25-32)49-40-22-12-10-20-36(40)44-42(49)28-29-43-45(44)37-21-11-13-23-41(37)50(43)46-47-38(33-16-6-2-7-17-33)30-39(48-46)34-18-8-3-9-19-34/h1-30H. The first-order valence-corrected chi connectivity index (χ1v) is 16.9. The van der Waals surface area contributed by atoms with Gasteiger partial charge in [-0.2, -0.15) is 0 Å². The molecule has 3 aromatic heterocycles. The fourth-order valence-corrected chi connectivity index (χ4v) is 7.49. The molecular formula is C46H30N4. The van der Waals surface area contributed by atoms with E-state index in [1.165, 1.54) is 38.2 Å². The summed E-state index contributed by atoms with van der Waals surface area (Å²) in [6.45, 7) is 0. The summed E-state index contributed by atoms with van der Waals surface area (Å²) in [5.41, 5.74) is 11.9. The number of nitrogens with zero attached hydrogens (tertiary/aromatic N) is 4. The predicted octanol–water partition coefficient (Wildman–Crippen LogP) is 11.7. The van der Waals surface area contributed by atoms with Crippen molar-refractivity contribution in [2.75, 3.05) is 0 Å². The molecule has 10 aromatic rings. The number of aromatic nitrogens is 4. The molecule has 0 N–H and O–H groups in total. The average molecular weight is 639 g/mol. The van der Waals surface area contributed by atoms with Gasteiger partial charge < -0.3 is 4.57 Å². The van der Waals surface area contributed by atoms with Crippen molar-refractivity contribution in [2.45, 2.75) is 0 Å². The highest BCUT2D eigenvalue weighted by molar-refractivity contribution is 6.28. The molecular weight excluding hydrogens is 609 g/mol. The van der Waals surface area contributed by atoms with E-state index in [1.807, 2.05) is 12.1 Å². The smallest absolute Gasteiger partial charge is 0.235 e. The lowest BCUT2D eigenvalue weighted by molar-refractivity contribution is 0.996. The average Bonchev–Trinajstić information content (AvgIpc) is 3.72. The largest absolute Gasteiger partial charge is 0.309 e. The number of rotatable bonds is 5. The molecule has 0 aliphatic carbocycles. The van der Waals surface area contributed by atoms with Crippen LogP contribution in [0.1, 0.15) is 0 Å². The van der Waals surface area contributed by atoms with Gasteiger partial charge in [0, 0.05) is 38.4 Å². The molecule has 0 aliphatic rings. The first-order chi connectivity index (χ1) is 24.8. The Morgan fingerprint density at radius 1 is 0.320 bits per heavy atom. The Bertz CT molecular complexity index is 2770. The summed E-state index contributed by atoms with van der Waals surface area (Å²) in [5.74, 6) is 0.649. The van der Waals surface area contributed by atoms with Crippen LogP contribution in [0.15, 0.2) is 182 Å². The topological polar surface area (TPSA) is 35.6 Å². The zero-order valence-corrected chi connectivity index (χ0v) is 27.1. The van der Waals surface area contributed by atoms with Crippen LogP contribution in [0, 0.1) is 0 Å². The fraction of sp³-hybridized carbons (Fsp3) is 0. The highest BCUT2D eigenvalue weighted by Gasteiger charge is 2.22. The van der Waals surface area contributed by atoms with Gasteiger partial charge in [-0.05, 0) is 53.6 Å². The molecule has 0 atom stereocenters. The van der Waals surface area contributed by atoms with Crippen molar-refractivity contribution in [3.05, 3.63) is 182 Å². The van der Waals surface area contributed by atoms with Crippen LogP contribution in [-0.4, -0.2) is 19.1 Å². The lowest BCUT2D eigenvalue weighted by Gasteiger charge is -2.12. The third-order valence-corrected chi connectivity index (χ3v) is 9.76. The number of para-hydroxylation sites is 2. The Hall–Kier alpha value is -6.78. The Balaban J connectivity index is 1.25. The summed E-state index contributed by atoms with van der Waals surface area (Å²) >= 11 is 0. The normalized spacial score (nSPS) is 11.6. The van der Waals surface area contributed by atoms with Crippen LogP contribution in [0.2, 0.25) is 0 Å². The molecule has 234 valence electrons. The number of hydrogen-bond acceptors (Lipinski definition) is 2. The van der Waals surface area contributed by atoms with Crippen LogP contribution < -0.4 is 0 Å². The van der Waals surface area contributed by atoms with Crippen molar-refractivity contribution in [1.82, 2.24) is 19.1 Å². The summed E-state index contributed by atoms with van der Waals surface area (Å²) in [5, 5.41) is 4.81. The molecule has 7 aromatic carbocycles. The van der Waals surface area contributed by atoms with Crippen LogP contribution in [0.25, 0.3) is 88.9 Å². The van der Waals surface area contributed by atoms with Crippen LogP contribution >= 0.6 is 0 Å². The van der Waals surface area contributed by atoms with Crippen molar-refractivity contribution in [3.63, 3.8) is 0 Å². The van der Waals surface area contributed by atoms with Gasteiger partial charge in [-0.3, -0.25) is 4.57 Å². The maximum absolute atomic E-state index is 5.25. The van der Waals surface area contributed by atoms with E-state index >= 15 is 0 Å². The lowest BCUT2D eigenvalue weighted by Crippen LogP contribution is -2.04. The zero-order chi connectivity index (χ0) is 33.0. The van der Waals surface area contributed by atoms with Crippen LogP contribution in [0.3, 0.4) is 0 Å². The molecule has 0 radical (unpaired) electrons. The van der Waals surface area contributed by atoms with E-state index in [-0.39, 0.29) is 0 Å². The van der Waals surface area contributed by atoms with Crippen LogP contribution in [-0.2, 0) is 0 Å². The minimum absolute atomic E-state index is 0.649. The maximum atomic E-state index is 5.25. The number of benzene rings is 7. The SMILES string of the molecule is c1ccc(-c2ccc(-n3c4ccccc4c4c5c6ccccc6n(-c6nc(-c7ccccc7)cc(-c7ccccc7)n6)c5ccc43)cc2)cc1. The zero-order valence-electron chi connectivity index (χ0n) is 27.1. The van der Waals surface area contributed by atoms with Gasteiger partial charge in [-0.15, -0.1) is 0 Å². The third-order valence-electron chi connectivity index (χ3n) is 9.76. The predicted molar refractivity (Wildman–Crippen MR) is 207 cm³/mol. The van der Waals surface area contributed by atoms with Gasteiger partial charge in [0.05, 0.1) is 33.5 Å². The Labute approximate surface area is 289 Å². The third kappa shape index (κ3) is 4.46. The fourth-order valence-electron chi connectivity index (χ4n) is 7.49. The highest BCUT2D eigenvalue weighted by atomic mass is 15.2. The molecule has 0 saturated carbocycles. The van der Waals surface area contributed by atoms with Gasteiger partial charge in [0.1, 0.15) is 0 Å². The second-order valence-electron chi connectivity index (χ2n) is 12.6. The summed E-state index contributed by atoms with van der Waals surface area (Å²) in [4.78, 5) is 10.5. The molecule has 0 aliphatic heterocycles. The minimum atomic E-state index is 0.649. The lowest BCUT2D eigenvalue weighted by atomic mass is 10.1. The molecule has 0 fully saturated rings. The second kappa shape index (κ2) is 11.4. The van der Waals surface area contributed by atoms with E-state index in [1.54, 1.807) is 0 Å². The second-order valence-corrected chi connectivity index (χ2v) is 12.6. The van der Waals surface area contributed by atoms with Gasteiger partial charge in [0.15, 0.2) is 0 Å². The summed E-state index contributed by atoms with van der Waals surface area (Å²) in [6, 6.07) is 64.2. The molecule has 3 heterocycles. The van der Waals surface area contributed by atoms with E-state index < -0.39 is 0 Å². The highest BCUT2D eigenvalue weighted by Crippen LogP contribution is 2.42. The Morgan fingerprint density at radius 3 is 1.28 bits per heavy atom. The van der Waals surface area contributed by atoms with E-state index in [0.29, 0.717) is 5.95 Å². The van der Waals surface area contributed by atoms with Crippen molar-refractivity contribution in [1.29, 1.82) is 0 Å². The Kier molecular flexibility index (Phi) is 6.46. The van der Waals surface area contributed by atoms with Crippen molar-refractivity contribution < 1.29 is 0 Å². The van der Waals surface area contributed by atoms with Crippen molar-refractivity contribution in [3.8, 4) is 45.3 Å². The van der Waals surface area contributed by atoms with E-state index in [2.05, 4.69) is 179 Å². The molecule has 0 amide bonds. The van der Waals surface area contributed by atoms with Gasteiger partial charge >= 0.3 is 0 Å². The van der Waals surface area contributed by atoms with Gasteiger partial charge in [0.2, 0.25) is 5.95 Å². The molecule has 4 heteroatoms. The van der Waals surface area contributed by atoms with Gasteiger partial charge in [-0.1, -0.05) is 140 Å². The van der Waals surface area contributed by atoms with Crippen LogP contribution in [0.4, 0.5) is 0 Å². The quantitative estimate of drug-likeness (QED) is 0.188. The van der Waals surface area contributed by atoms with Crippen molar-refractivity contribution >= 4 is 43.6 Å². The molecule has 0 spiro atoms. The Morgan fingerprint density at radius 2 is 0.740 bits per heavy atom. The van der Waals surface area contributed by atoms with E-state index in [4.69, 9.17) is 9.97 Å². The summed E-state index contributed by atoms with van der Waals surface area (Å²) in [7, 11) is 0. The number of fused-ring (bicyclic) bond motifs is 7. The molecule has 0 bridgehead atoms. The van der Waals surface area contributed by atoms with E-state index in [9.17, 15) is 0 Å². The van der Waals surface area contributed by atoms with E-state index in [0.717, 1.165) is 44.8 Å².